The number of amides is 1. The van der Waals surface area contributed by atoms with Crippen LogP contribution in [0.25, 0.3) is 11.1 Å². The van der Waals surface area contributed by atoms with Gasteiger partial charge in [0.2, 0.25) is 5.91 Å². The minimum Gasteiger partial charge on any atom is -0.312 e. The van der Waals surface area contributed by atoms with Gasteiger partial charge in [-0.15, -0.1) is 0 Å². The van der Waals surface area contributed by atoms with Gasteiger partial charge in [0.05, 0.1) is 5.56 Å². The van der Waals surface area contributed by atoms with E-state index in [4.69, 9.17) is 0 Å². The molecule has 1 amide bonds. The molecule has 0 aromatic heterocycles. The third-order valence-corrected chi connectivity index (χ3v) is 7.66. The zero-order valence-corrected chi connectivity index (χ0v) is 20.7. The van der Waals surface area contributed by atoms with E-state index in [-0.39, 0.29) is 11.3 Å². The number of carbonyl (C=O) groups is 1. The number of nitrogens with zero attached hydrogens (tertiary/aromatic N) is 2. The summed E-state index contributed by atoms with van der Waals surface area (Å²) in [6, 6.07) is 19.7. The number of carbonyl (C=O) groups excluding carboxylic acids is 1. The van der Waals surface area contributed by atoms with Crippen molar-refractivity contribution in [2.24, 2.45) is 0 Å². The van der Waals surface area contributed by atoms with E-state index in [2.05, 4.69) is 36.9 Å². The van der Waals surface area contributed by atoms with Gasteiger partial charge in [0.25, 0.3) is 0 Å². The van der Waals surface area contributed by atoms with Gasteiger partial charge in [0.1, 0.15) is 0 Å². The second-order valence-corrected chi connectivity index (χ2v) is 10.5. The van der Waals surface area contributed by atoms with E-state index in [9.17, 15) is 18.0 Å². The summed E-state index contributed by atoms with van der Waals surface area (Å²) >= 11 is 0. The van der Waals surface area contributed by atoms with E-state index >= 15 is 0 Å². The number of anilines is 1. The van der Waals surface area contributed by atoms with Crippen LogP contribution < -0.4 is 4.90 Å². The van der Waals surface area contributed by atoms with Crippen molar-refractivity contribution in [3.05, 3.63) is 89.0 Å². The van der Waals surface area contributed by atoms with Crippen LogP contribution in [0.4, 0.5) is 18.9 Å². The van der Waals surface area contributed by atoms with Crippen LogP contribution in [-0.2, 0) is 29.4 Å². The number of fused-ring (bicyclic) bond motifs is 2. The van der Waals surface area contributed by atoms with Crippen molar-refractivity contribution < 1.29 is 18.0 Å². The van der Waals surface area contributed by atoms with Gasteiger partial charge in [-0.2, -0.15) is 13.2 Å². The highest BCUT2D eigenvalue weighted by Crippen LogP contribution is 2.37. The van der Waals surface area contributed by atoms with Gasteiger partial charge >= 0.3 is 6.18 Å². The van der Waals surface area contributed by atoms with E-state index in [1.807, 2.05) is 29.2 Å². The molecule has 0 spiro atoms. The molecular weight excluding hydrogens is 461 g/mol. The fraction of sp³-hybridized carbons (Fsp3) is 0.367. The average Bonchev–Trinajstić information content (AvgIpc) is 3.24. The molecule has 2 aliphatic heterocycles. The van der Waals surface area contributed by atoms with Gasteiger partial charge in [-0.25, -0.2) is 0 Å². The lowest BCUT2D eigenvalue weighted by molar-refractivity contribution is -0.137. The summed E-state index contributed by atoms with van der Waals surface area (Å²) < 4.78 is 39.0. The van der Waals surface area contributed by atoms with Crippen LogP contribution in [0.5, 0.6) is 0 Å². The summed E-state index contributed by atoms with van der Waals surface area (Å²) in [6.45, 7) is 7.50. The summed E-state index contributed by atoms with van der Waals surface area (Å²) in [5.41, 5.74) is 5.71. The van der Waals surface area contributed by atoms with Crippen molar-refractivity contribution in [3.8, 4) is 11.1 Å². The number of alkyl halides is 3. The Kier molecular flexibility index (Phi) is 6.41. The standard InChI is InChI=1S/C30H31F3N2O/c1-29(2)15-18-34(16-14-28(36)35-17-13-22-5-3-4-6-27(22)35)20-24-19-23(9-12-26(24)29)21-7-10-25(11-8-21)30(31,32)33/h3-12,19H,13-18,20H2,1-2H3. The van der Waals surface area contributed by atoms with E-state index in [0.29, 0.717) is 13.0 Å². The number of benzene rings is 3. The Balaban J connectivity index is 1.33. The topological polar surface area (TPSA) is 23.6 Å². The monoisotopic (exact) mass is 492 g/mol. The highest BCUT2D eigenvalue weighted by molar-refractivity contribution is 5.95. The zero-order chi connectivity index (χ0) is 25.5. The smallest absolute Gasteiger partial charge is 0.312 e. The Morgan fingerprint density at radius 3 is 2.39 bits per heavy atom. The van der Waals surface area contributed by atoms with Crippen LogP contribution in [0.15, 0.2) is 66.7 Å². The Morgan fingerprint density at radius 1 is 0.917 bits per heavy atom. The fourth-order valence-corrected chi connectivity index (χ4v) is 5.49. The van der Waals surface area contributed by atoms with Crippen molar-refractivity contribution in [3.63, 3.8) is 0 Å². The molecule has 188 valence electrons. The van der Waals surface area contributed by atoms with Crippen LogP contribution in [0, 0.1) is 0 Å². The van der Waals surface area contributed by atoms with Crippen LogP contribution in [-0.4, -0.2) is 30.4 Å². The number of halogens is 3. The molecule has 0 saturated heterocycles. The van der Waals surface area contributed by atoms with Gasteiger partial charge in [-0.1, -0.05) is 56.3 Å². The first kappa shape index (κ1) is 24.6. The normalized spacial score (nSPS) is 17.4. The first-order valence-corrected chi connectivity index (χ1v) is 12.5. The number of para-hydroxylation sites is 1. The molecule has 2 aliphatic rings. The quantitative estimate of drug-likeness (QED) is 0.398. The molecule has 0 aliphatic carbocycles. The Bertz CT molecular complexity index is 1260. The second kappa shape index (κ2) is 9.40. The second-order valence-electron chi connectivity index (χ2n) is 10.5. The molecule has 0 bridgehead atoms. The minimum atomic E-state index is -4.34. The first-order chi connectivity index (χ1) is 17.1. The number of hydrogen-bond acceptors (Lipinski definition) is 2. The molecule has 3 aromatic rings. The Labute approximate surface area is 210 Å². The summed E-state index contributed by atoms with van der Waals surface area (Å²) in [4.78, 5) is 17.3. The van der Waals surface area contributed by atoms with Crippen LogP contribution in [0.2, 0.25) is 0 Å². The van der Waals surface area contributed by atoms with Gasteiger partial charge in [-0.3, -0.25) is 9.69 Å². The molecule has 0 radical (unpaired) electrons. The predicted molar refractivity (Wildman–Crippen MR) is 137 cm³/mol. The lowest BCUT2D eigenvalue weighted by atomic mass is 9.79. The van der Waals surface area contributed by atoms with Crippen molar-refractivity contribution in [1.82, 2.24) is 4.90 Å². The molecule has 0 saturated carbocycles. The molecule has 3 nitrogen and oxygen atoms in total. The van der Waals surface area contributed by atoms with Gasteiger partial charge < -0.3 is 4.90 Å². The molecule has 0 atom stereocenters. The van der Waals surface area contributed by atoms with Crippen LogP contribution in [0.1, 0.15) is 48.9 Å². The minimum absolute atomic E-state index is 0.0271. The zero-order valence-electron chi connectivity index (χ0n) is 20.7. The van der Waals surface area contributed by atoms with E-state index < -0.39 is 11.7 Å². The van der Waals surface area contributed by atoms with Crippen LogP contribution in [0.3, 0.4) is 0 Å². The molecule has 2 heterocycles. The number of hydrogen-bond donors (Lipinski definition) is 0. The lowest BCUT2D eigenvalue weighted by Gasteiger charge is -2.25. The largest absolute Gasteiger partial charge is 0.416 e. The molecular formula is C30H31F3N2O. The Hall–Kier alpha value is -3.12. The third-order valence-electron chi connectivity index (χ3n) is 7.66. The van der Waals surface area contributed by atoms with Crippen molar-refractivity contribution in [2.45, 2.75) is 51.2 Å². The molecule has 0 N–H and O–H groups in total. The maximum Gasteiger partial charge on any atom is 0.416 e. The van der Waals surface area contributed by atoms with E-state index in [0.717, 1.165) is 61.4 Å². The summed E-state index contributed by atoms with van der Waals surface area (Å²) in [7, 11) is 0. The Morgan fingerprint density at radius 2 is 1.64 bits per heavy atom. The van der Waals surface area contributed by atoms with Crippen molar-refractivity contribution in [1.29, 1.82) is 0 Å². The van der Waals surface area contributed by atoms with Crippen molar-refractivity contribution in [2.75, 3.05) is 24.5 Å². The molecule has 3 aromatic carbocycles. The predicted octanol–water partition coefficient (Wildman–Crippen LogP) is 6.84. The maximum atomic E-state index is 13.1. The van der Waals surface area contributed by atoms with E-state index in [1.54, 1.807) is 0 Å². The summed E-state index contributed by atoms with van der Waals surface area (Å²) in [5.74, 6) is 0.155. The average molecular weight is 493 g/mol. The highest BCUT2D eigenvalue weighted by Gasteiger charge is 2.31. The van der Waals surface area contributed by atoms with Gasteiger partial charge in [0.15, 0.2) is 0 Å². The number of rotatable bonds is 4. The third kappa shape index (κ3) is 4.92. The summed E-state index contributed by atoms with van der Waals surface area (Å²) in [5, 5.41) is 0. The molecule has 6 heteroatoms. The maximum absolute atomic E-state index is 13.1. The van der Waals surface area contributed by atoms with Crippen LogP contribution >= 0.6 is 0 Å². The molecule has 5 rings (SSSR count). The fourth-order valence-electron chi connectivity index (χ4n) is 5.49. The first-order valence-electron chi connectivity index (χ1n) is 12.5. The molecule has 0 fully saturated rings. The lowest BCUT2D eigenvalue weighted by Crippen LogP contribution is -2.34. The van der Waals surface area contributed by atoms with Gasteiger partial charge in [-0.05, 0) is 76.9 Å². The molecule has 0 unspecified atom stereocenters. The SMILES string of the molecule is CC1(C)CCN(CCC(=O)N2CCc3ccccc32)Cc2cc(-c3ccc(C(F)(F)F)cc3)ccc21. The van der Waals surface area contributed by atoms with E-state index in [1.165, 1.54) is 28.8 Å². The highest BCUT2D eigenvalue weighted by atomic mass is 19.4. The molecule has 36 heavy (non-hydrogen) atoms. The van der Waals surface area contributed by atoms with Gasteiger partial charge in [0, 0.05) is 31.7 Å². The van der Waals surface area contributed by atoms with Crippen molar-refractivity contribution >= 4 is 11.6 Å². The summed E-state index contributed by atoms with van der Waals surface area (Å²) in [6.07, 6.45) is -2.01.